The lowest BCUT2D eigenvalue weighted by Gasteiger charge is -2.46. The van der Waals surface area contributed by atoms with E-state index < -0.39 is 85.6 Å². The number of nitrogens with one attached hydrogen (secondary N) is 1. The summed E-state index contributed by atoms with van der Waals surface area (Å²) >= 11 is 0. The largest absolute Gasteiger partial charge is 0.447 e. The number of ether oxygens (including phenoxy) is 5. The van der Waals surface area contributed by atoms with Crippen LogP contribution in [0.15, 0.2) is 0 Å². The fourth-order valence-corrected chi connectivity index (χ4v) is 5.27. The van der Waals surface area contributed by atoms with Crippen LogP contribution in [-0.4, -0.2) is 121 Å². The van der Waals surface area contributed by atoms with Gasteiger partial charge in [0, 0.05) is 31.6 Å². The third-order valence-electron chi connectivity index (χ3n) is 7.85. The van der Waals surface area contributed by atoms with Crippen molar-refractivity contribution in [1.29, 1.82) is 0 Å². The quantitative estimate of drug-likeness (QED) is 0.105. The van der Waals surface area contributed by atoms with Crippen molar-refractivity contribution < 1.29 is 43.8 Å². The Kier molecular flexibility index (Phi) is 13.2. The molecule has 2 saturated heterocycles. The van der Waals surface area contributed by atoms with Crippen molar-refractivity contribution in [2.75, 3.05) is 19.7 Å². The summed E-state index contributed by atoms with van der Waals surface area (Å²) in [5, 5.41) is 34.0. The van der Waals surface area contributed by atoms with Crippen LogP contribution in [0.3, 0.4) is 0 Å². The van der Waals surface area contributed by atoms with Gasteiger partial charge in [-0.25, -0.2) is 4.79 Å². The van der Waals surface area contributed by atoms with Gasteiger partial charge in [-0.1, -0.05) is 26.2 Å². The maximum absolute atomic E-state index is 12.1. The number of amides is 1. The number of hydrogen-bond donors (Lipinski definition) is 9. The van der Waals surface area contributed by atoms with E-state index in [-0.39, 0.29) is 26.0 Å². The lowest BCUT2D eigenvalue weighted by atomic mass is 9.86. The molecule has 2 aliphatic heterocycles. The monoisotopic (exact) mass is 578 g/mol. The van der Waals surface area contributed by atoms with E-state index in [9.17, 15) is 20.1 Å². The minimum atomic E-state index is -1.37. The second kappa shape index (κ2) is 15.9. The number of rotatable bonds is 12. The molecule has 3 fully saturated rings. The van der Waals surface area contributed by atoms with Crippen LogP contribution < -0.4 is 34.0 Å². The van der Waals surface area contributed by atoms with Crippen LogP contribution >= 0.6 is 0 Å². The van der Waals surface area contributed by atoms with E-state index in [0.717, 1.165) is 25.7 Å². The van der Waals surface area contributed by atoms with Crippen molar-refractivity contribution in [3.63, 3.8) is 0 Å². The van der Waals surface area contributed by atoms with Crippen LogP contribution in [0.1, 0.15) is 51.9 Å². The van der Waals surface area contributed by atoms with Crippen LogP contribution in [0.25, 0.3) is 0 Å². The second-order valence-corrected chi connectivity index (χ2v) is 11.1. The Hall–Kier alpha value is -1.21. The fourth-order valence-electron chi connectivity index (χ4n) is 5.27. The van der Waals surface area contributed by atoms with Gasteiger partial charge in [-0.15, -0.1) is 0 Å². The van der Waals surface area contributed by atoms with Gasteiger partial charge in [0.1, 0.15) is 24.9 Å². The predicted molar refractivity (Wildman–Crippen MR) is 143 cm³/mol. The molecule has 0 radical (unpaired) electrons. The number of alkyl carbamates (subject to hydrolysis) is 1. The molecule has 3 aliphatic rings. The molecule has 15 heteroatoms. The number of carbonyl (C=O) groups is 1. The Balaban J connectivity index is 1.55. The summed E-state index contributed by atoms with van der Waals surface area (Å²) in [6.45, 7) is 2.40. The smallest absolute Gasteiger partial charge is 0.407 e. The summed E-state index contributed by atoms with van der Waals surface area (Å²) in [5.41, 5.74) is 30.5. The van der Waals surface area contributed by atoms with Gasteiger partial charge in [0.05, 0.1) is 36.5 Å². The summed E-state index contributed by atoms with van der Waals surface area (Å²) in [7, 11) is 0. The van der Waals surface area contributed by atoms with Crippen molar-refractivity contribution in [1.82, 2.24) is 5.32 Å². The van der Waals surface area contributed by atoms with E-state index in [2.05, 4.69) is 12.2 Å². The molecule has 234 valence electrons. The third kappa shape index (κ3) is 8.89. The van der Waals surface area contributed by atoms with Crippen LogP contribution in [0.2, 0.25) is 0 Å². The molecule has 1 amide bonds. The normalized spacial score (nSPS) is 42.4. The average Bonchev–Trinajstić information content (AvgIpc) is 2.91. The van der Waals surface area contributed by atoms with Gasteiger partial charge < -0.3 is 73.0 Å². The Morgan fingerprint density at radius 2 is 1.50 bits per heavy atom. The number of carbonyl (C=O) groups excluding carboxylic acids is 1. The third-order valence-corrected chi connectivity index (χ3v) is 7.85. The first-order chi connectivity index (χ1) is 19.0. The lowest BCUT2D eigenvalue weighted by molar-refractivity contribution is -0.299. The van der Waals surface area contributed by atoms with Gasteiger partial charge in [0.2, 0.25) is 0 Å². The number of hydrogen-bond acceptors (Lipinski definition) is 14. The molecule has 1 saturated carbocycles. The van der Waals surface area contributed by atoms with Crippen molar-refractivity contribution in [3.8, 4) is 0 Å². The molecule has 15 nitrogen and oxygen atoms in total. The van der Waals surface area contributed by atoms with Crippen LogP contribution in [0, 0.1) is 0 Å². The molecule has 3 rings (SSSR count). The van der Waals surface area contributed by atoms with E-state index in [0.29, 0.717) is 13.0 Å². The highest BCUT2D eigenvalue weighted by Gasteiger charge is 2.47. The highest BCUT2D eigenvalue weighted by Crippen LogP contribution is 2.30. The summed E-state index contributed by atoms with van der Waals surface area (Å²) in [4.78, 5) is 12.1. The zero-order valence-corrected chi connectivity index (χ0v) is 23.3. The van der Waals surface area contributed by atoms with E-state index in [1.54, 1.807) is 0 Å². The highest BCUT2D eigenvalue weighted by atomic mass is 16.7. The Bertz CT molecular complexity index is 772. The van der Waals surface area contributed by atoms with Gasteiger partial charge in [-0.2, -0.15) is 0 Å². The predicted octanol–water partition coefficient (Wildman–Crippen LogP) is -2.95. The van der Waals surface area contributed by atoms with E-state index in [1.807, 2.05) is 0 Å². The Labute approximate surface area is 235 Å². The number of unbranched alkanes of at least 4 members (excludes halogenated alkanes) is 3. The van der Waals surface area contributed by atoms with Gasteiger partial charge in [-0.05, 0) is 19.3 Å². The minimum Gasteiger partial charge on any atom is -0.447 e. The van der Waals surface area contributed by atoms with Gasteiger partial charge in [0.15, 0.2) is 12.6 Å². The molecule has 13 atom stereocenters. The molecule has 0 aromatic heterocycles. The van der Waals surface area contributed by atoms with E-state index in [1.165, 1.54) is 0 Å². The van der Waals surface area contributed by atoms with Gasteiger partial charge in [0.25, 0.3) is 0 Å². The lowest BCUT2D eigenvalue weighted by Crippen LogP contribution is -2.65. The molecular weight excluding hydrogens is 528 g/mol. The molecule has 0 bridgehead atoms. The number of aliphatic hydroxyl groups excluding tert-OH is 3. The summed E-state index contributed by atoms with van der Waals surface area (Å²) in [6, 6.07) is -2.66. The average molecular weight is 579 g/mol. The molecule has 1 aliphatic carbocycles. The van der Waals surface area contributed by atoms with Crippen LogP contribution in [0.5, 0.6) is 0 Å². The molecule has 2 heterocycles. The van der Waals surface area contributed by atoms with Crippen molar-refractivity contribution >= 4 is 6.09 Å². The molecule has 0 aromatic carbocycles. The highest BCUT2D eigenvalue weighted by molar-refractivity contribution is 5.67. The van der Waals surface area contributed by atoms with Crippen LogP contribution in [0.4, 0.5) is 4.79 Å². The zero-order valence-electron chi connectivity index (χ0n) is 23.3. The van der Waals surface area contributed by atoms with Crippen molar-refractivity contribution in [3.05, 3.63) is 0 Å². The minimum absolute atomic E-state index is 0.107. The Morgan fingerprint density at radius 1 is 0.850 bits per heavy atom. The molecule has 0 unspecified atom stereocenters. The second-order valence-electron chi connectivity index (χ2n) is 11.1. The standard InChI is InChI=1S/C25H50N6O9/c1-2-3-4-5-6-31-25(35)36-11-19-21(33)20(30)22(34)24(40-19)38-17-9-16(12(27)7-13(17)28)37-23-14(29)8-15(32)18(10-26)39-23/h12-24,32-34H,2-11,26-30H2,1H3,(H,31,35)/t12-,13+,14+,15-,16-,17+,18+,19+,20-,21+,22+,23-,24-/m0/s1. The molecule has 40 heavy (non-hydrogen) atoms. The zero-order chi connectivity index (χ0) is 29.4. The maximum atomic E-state index is 12.1. The first kappa shape index (κ1) is 33.3. The first-order valence-electron chi connectivity index (χ1n) is 14.3. The molecule has 14 N–H and O–H groups in total. The summed E-state index contributed by atoms with van der Waals surface area (Å²) in [5.74, 6) is 0. The van der Waals surface area contributed by atoms with Crippen LogP contribution in [-0.2, 0) is 23.7 Å². The van der Waals surface area contributed by atoms with Gasteiger partial charge in [-0.3, -0.25) is 0 Å². The molecule has 0 aromatic rings. The number of nitrogens with two attached hydrogens (primary N) is 5. The van der Waals surface area contributed by atoms with Crippen molar-refractivity contribution in [2.24, 2.45) is 28.7 Å². The van der Waals surface area contributed by atoms with E-state index in [4.69, 9.17) is 52.4 Å². The summed E-state index contributed by atoms with van der Waals surface area (Å²) in [6.07, 6.45) is -4.19. The SMILES string of the molecule is CCCCCCNC(=O)OC[C@H]1O[C@H](O[C@@H]2C[C@H](O[C@H]3O[C@H](CN)[C@@H](O)C[C@H]3N)[C@@H](N)C[C@H]2N)[C@H](O)[C@@H](N)[C@@H]1O. The fraction of sp³-hybridized carbons (Fsp3) is 0.960. The summed E-state index contributed by atoms with van der Waals surface area (Å²) < 4.78 is 28.9. The topological polar surface area (TPSA) is 266 Å². The molecular formula is C25H50N6O9. The van der Waals surface area contributed by atoms with Crippen molar-refractivity contribution in [2.45, 2.75) is 131 Å². The Morgan fingerprint density at radius 3 is 2.15 bits per heavy atom. The molecule has 0 spiro atoms. The number of aliphatic hydroxyl groups is 3. The van der Waals surface area contributed by atoms with E-state index >= 15 is 0 Å². The maximum Gasteiger partial charge on any atom is 0.407 e. The first-order valence-corrected chi connectivity index (χ1v) is 14.3. The van der Waals surface area contributed by atoms with Gasteiger partial charge >= 0.3 is 6.09 Å².